The normalized spacial score (nSPS) is 10.8. The summed E-state index contributed by atoms with van der Waals surface area (Å²) in [5.41, 5.74) is 3.74. The van der Waals surface area contributed by atoms with Gasteiger partial charge in [0.25, 0.3) is 0 Å². The summed E-state index contributed by atoms with van der Waals surface area (Å²) in [6, 6.07) is 0.966. The van der Waals surface area contributed by atoms with Crippen LogP contribution in [0.5, 0.6) is 0 Å². The Bertz CT molecular complexity index is 646. The fourth-order valence-electron chi connectivity index (χ4n) is 1.46. The largest absolute Gasteiger partial charge is 0.396 e. The highest BCUT2D eigenvalue weighted by atomic mass is 35.5. The van der Waals surface area contributed by atoms with Crippen LogP contribution in [0.3, 0.4) is 0 Å². The summed E-state index contributed by atoms with van der Waals surface area (Å²) in [6.07, 6.45) is 0.858. The molecule has 0 amide bonds. The molecular formula is C11H4ClF5N2. The minimum atomic E-state index is -2.23. The zero-order valence-electron chi connectivity index (χ0n) is 8.95. The van der Waals surface area contributed by atoms with E-state index in [1.54, 1.807) is 0 Å². The molecule has 19 heavy (non-hydrogen) atoms. The Morgan fingerprint density at radius 1 is 0.895 bits per heavy atom. The molecule has 1 aromatic heterocycles. The summed E-state index contributed by atoms with van der Waals surface area (Å²) in [7, 11) is 0. The Labute approximate surface area is 108 Å². The van der Waals surface area contributed by atoms with Crippen molar-refractivity contribution in [2.24, 2.45) is 0 Å². The first-order chi connectivity index (χ1) is 8.84. The van der Waals surface area contributed by atoms with Crippen molar-refractivity contribution in [1.82, 2.24) is 4.98 Å². The monoisotopic (exact) mass is 294 g/mol. The predicted molar refractivity (Wildman–Crippen MR) is 58.9 cm³/mol. The Balaban J connectivity index is 2.79. The van der Waals surface area contributed by atoms with Crippen LogP contribution >= 0.6 is 11.6 Å². The third-order valence-electron chi connectivity index (χ3n) is 2.36. The fraction of sp³-hybridized carbons (Fsp3) is 0. The van der Waals surface area contributed by atoms with Gasteiger partial charge in [0.15, 0.2) is 28.4 Å². The average molecular weight is 295 g/mol. The van der Waals surface area contributed by atoms with Crippen LogP contribution in [0.2, 0.25) is 5.15 Å². The highest BCUT2D eigenvalue weighted by molar-refractivity contribution is 6.31. The van der Waals surface area contributed by atoms with E-state index in [9.17, 15) is 22.0 Å². The minimum absolute atomic E-state index is 0.146. The van der Waals surface area contributed by atoms with Crippen molar-refractivity contribution in [1.29, 1.82) is 0 Å². The van der Waals surface area contributed by atoms with Gasteiger partial charge in [-0.2, -0.15) is 0 Å². The first-order valence-electron chi connectivity index (χ1n) is 4.77. The van der Waals surface area contributed by atoms with Crippen molar-refractivity contribution in [3.05, 3.63) is 46.5 Å². The number of hydrogen-bond donors (Lipinski definition) is 1. The SMILES string of the molecule is Nc1cc(-c2c(F)c(F)c(F)c(F)c2F)cnc1Cl. The molecule has 0 aliphatic carbocycles. The number of nitrogen functional groups attached to an aromatic ring is 1. The van der Waals surface area contributed by atoms with E-state index in [2.05, 4.69) is 4.98 Å². The van der Waals surface area contributed by atoms with E-state index in [-0.39, 0.29) is 16.4 Å². The molecule has 0 radical (unpaired) electrons. The number of nitrogens with two attached hydrogens (primary N) is 1. The van der Waals surface area contributed by atoms with Gasteiger partial charge in [-0.1, -0.05) is 11.6 Å². The Morgan fingerprint density at radius 3 is 1.84 bits per heavy atom. The lowest BCUT2D eigenvalue weighted by Crippen LogP contribution is -2.04. The molecule has 1 aromatic carbocycles. The van der Waals surface area contributed by atoms with E-state index in [0.29, 0.717) is 0 Å². The van der Waals surface area contributed by atoms with E-state index in [0.717, 1.165) is 12.3 Å². The molecule has 2 aromatic rings. The average Bonchev–Trinajstić information content (AvgIpc) is 2.38. The van der Waals surface area contributed by atoms with Crippen molar-refractivity contribution in [3.8, 4) is 11.1 Å². The first-order valence-corrected chi connectivity index (χ1v) is 5.15. The van der Waals surface area contributed by atoms with Gasteiger partial charge in [-0.25, -0.2) is 26.9 Å². The zero-order chi connectivity index (χ0) is 14.3. The van der Waals surface area contributed by atoms with Crippen molar-refractivity contribution in [3.63, 3.8) is 0 Å². The molecule has 1 heterocycles. The molecule has 0 unspecified atom stereocenters. The van der Waals surface area contributed by atoms with Crippen LogP contribution in [0.15, 0.2) is 12.3 Å². The van der Waals surface area contributed by atoms with E-state index in [1.165, 1.54) is 0 Å². The molecule has 0 atom stereocenters. The van der Waals surface area contributed by atoms with E-state index in [1.807, 2.05) is 0 Å². The van der Waals surface area contributed by atoms with Crippen LogP contribution < -0.4 is 5.73 Å². The Hall–Kier alpha value is -1.89. The molecule has 2 nitrogen and oxygen atoms in total. The molecule has 8 heteroatoms. The van der Waals surface area contributed by atoms with Gasteiger partial charge in [0.05, 0.1) is 11.3 Å². The van der Waals surface area contributed by atoms with Crippen molar-refractivity contribution in [2.45, 2.75) is 0 Å². The van der Waals surface area contributed by atoms with Gasteiger partial charge in [-0.3, -0.25) is 0 Å². The molecule has 100 valence electrons. The van der Waals surface area contributed by atoms with Crippen molar-refractivity contribution >= 4 is 17.3 Å². The lowest BCUT2D eigenvalue weighted by atomic mass is 10.0. The molecule has 0 aliphatic heterocycles. The molecule has 0 saturated carbocycles. The van der Waals surface area contributed by atoms with Gasteiger partial charge in [0.2, 0.25) is 5.82 Å². The Kier molecular flexibility index (Phi) is 3.32. The molecule has 0 spiro atoms. The van der Waals surface area contributed by atoms with Gasteiger partial charge in [-0.15, -0.1) is 0 Å². The second kappa shape index (κ2) is 4.65. The number of anilines is 1. The number of nitrogens with zero attached hydrogens (tertiary/aromatic N) is 1. The predicted octanol–water partition coefficient (Wildman–Crippen LogP) is 3.68. The van der Waals surface area contributed by atoms with Gasteiger partial charge in [0.1, 0.15) is 0 Å². The van der Waals surface area contributed by atoms with Gasteiger partial charge < -0.3 is 5.73 Å². The molecule has 2 N–H and O–H groups in total. The second-order valence-electron chi connectivity index (χ2n) is 3.55. The van der Waals surface area contributed by atoms with Gasteiger partial charge in [0, 0.05) is 11.8 Å². The molecular weight excluding hydrogens is 291 g/mol. The Morgan fingerprint density at radius 2 is 1.37 bits per heavy atom. The van der Waals surface area contributed by atoms with E-state index >= 15 is 0 Å². The van der Waals surface area contributed by atoms with Gasteiger partial charge >= 0.3 is 0 Å². The maximum atomic E-state index is 13.5. The molecule has 0 saturated heterocycles. The number of benzene rings is 1. The molecule has 0 fully saturated rings. The van der Waals surface area contributed by atoms with Crippen LogP contribution in [-0.4, -0.2) is 4.98 Å². The summed E-state index contributed by atoms with van der Waals surface area (Å²) in [5, 5.41) is -0.146. The molecule has 2 rings (SSSR count). The number of hydrogen-bond acceptors (Lipinski definition) is 2. The maximum absolute atomic E-state index is 13.5. The highest BCUT2D eigenvalue weighted by Gasteiger charge is 2.26. The number of aromatic nitrogens is 1. The summed E-state index contributed by atoms with van der Waals surface area (Å²) in [5.74, 6) is -10.2. The third kappa shape index (κ3) is 2.10. The maximum Gasteiger partial charge on any atom is 0.200 e. The highest BCUT2D eigenvalue weighted by Crippen LogP contribution is 2.32. The fourth-order valence-corrected chi connectivity index (χ4v) is 1.56. The lowest BCUT2D eigenvalue weighted by molar-refractivity contribution is 0.381. The topological polar surface area (TPSA) is 38.9 Å². The molecule has 0 bridgehead atoms. The first kappa shape index (κ1) is 13.5. The van der Waals surface area contributed by atoms with E-state index < -0.39 is 34.6 Å². The number of pyridine rings is 1. The van der Waals surface area contributed by atoms with Crippen LogP contribution in [-0.2, 0) is 0 Å². The smallest absolute Gasteiger partial charge is 0.200 e. The zero-order valence-corrected chi connectivity index (χ0v) is 9.70. The van der Waals surface area contributed by atoms with Crippen LogP contribution in [0.25, 0.3) is 11.1 Å². The van der Waals surface area contributed by atoms with E-state index in [4.69, 9.17) is 17.3 Å². The third-order valence-corrected chi connectivity index (χ3v) is 2.68. The summed E-state index contributed by atoms with van der Waals surface area (Å²) in [4.78, 5) is 3.49. The summed E-state index contributed by atoms with van der Waals surface area (Å²) >= 11 is 5.50. The van der Waals surface area contributed by atoms with Crippen LogP contribution in [0, 0.1) is 29.1 Å². The lowest BCUT2D eigenvalue weighted by Gasteiger charge is -2.09. The van der Waals surface area contributed by atoms with Gasteiger partial charge in [-0.05, 0) is 6.07 Å². The summed E-state index contributed by atoms with van der Waals surface area (Å²) < 4.78 is 65.9. The number of rotatable bonds is 1. The quantitative estimate of drug-likeness (QED) is 0.377. The second-order valence-corrected chi connectivity index (χ2v) is 3.91. The standard InChI is InChI=1S/C11H4ClF5N2/c12-11-4(18)1-3(2-19-11)5-6(13)8(15)10(17)9(16)7(5)14/h1-2H,18H2. The summed E-state index contributed by atoms with van der Waals surface area (Å²) in [6.45, 7) is 0. The molecule has 0 aliphatic rings. The van der Waals surface area contributed by atoms with Crippen molar-refractivity contribution < 1.29 is 22.0 Å². The number of halogens is 6. The van der Waals surface area contributed by atoms with Crippen LogP contribution in [0.1, 0.15) is 0 Å². The van der Waals surface area contributed by atoms with Crippen molar-refractivity contribution in [2.75, 3.05) is 5.73 Å². The minimum Gasteiger partial charge on any atom is -0.396 e. The van der Waals surface area contributed by atoms with Crippen LogP contribution in [0.4, 0.5) is 27.6 Å².